The van der Waals surface area contributed by atoms with Gasteiger partial charge in [0.25, 0.3) is 0 Å². The molecular weight excluding hydrogens is 436 g/mol. The Labute approximate surface area is 206 Å². The summed E-state index contributed by atoms with van der Waals surface area (Å²) in [4.78, 5) is 16.6. The third kappa shape index (κ3) is 3.91. The number of likely N-dealkylation sites (tertiary alicyclic amines) is 1. The van der Waals surface area contributed by atoms with E-state index in [0.717, 1.165) is 67.2 Å². The van der Waals surface area contributed by atoms with Gasteiger partial charge >= 0.3 is 0 Å². The van der Waals surface area contributed by atoms with Crippen molar-refractivity contribution in [2.45, 2.75) is 44.9 Å². The maximum atomic E-state index is 9.50. The third-order valence-corrected chi connectivity index (χ3v) is 7.78. The van der Waals surface area contributed by atoms with Crippen molar-refractivity contribution in [2.24, 2.45) is 0 Å². The Hall–Kier alpha value is -3.21. The lowest BCUT2D eigenvalue weighted by atomic mass is 9.76. The minimum absolute atomic E-state index is 0.148. The van der Waals surface area contributed by atoms with Crippen LogP contribution in [0.1, 0.15) is 30.3 Å². The number of rotatable bonds is 4. The zero-order chi connectivity index (χ0) is 24.2. The van der Waals surface area contributed by atoms with E-state index in [4.69, 9.17) is 4.74 Å². The maximum Gasteiger partial charge on any atom is 0.101 e. The number of pyridine rings is 2. The fourth-order valence-electron chi connectivity index (χ4n) is 6.31. The van der Waals surface area contributed by atoms with Gasteiger partial charge in [0.05, 0.1) is 28.8 Å². The van der Waals surface area contributed by atoms with Gasteiger partial charge in [0, 0.05) is 73.6 Å². The number of nitrogens with zero attached hydrogens (tertiary/aromatic N) is 6. The molecule has 6 rings (SSSR count). The van der Waals surface area contributed by atoms with Crippen LogP contribution < -0.4 is 9.80 Å². The molecule has 0 radical (unpaired) electrons. The highest BCUT2D eigenvalue weighted by atomic mass is 16.5. The fraction of sp³-hybridized carbons (Fsp3) is 0.464. The second-order valence-corrected chi connectivity index (χ2v) is 10.5. The molecular formula is C28H32N6O. The van der Waals surface area contributed by atoms with Gasteiger partial charge in [-0.25, -0.2) is 0 Å². The van der Waals surface area contributed by atoms with E-state index in [1.165, 1.54) is 12.1 Å². The Balaban J connectivity index is 1.14. The molecule has 1 aromatic carbocycles. The number of benzene rings is 1. The summed E-state index contributed by atoms with van der Waals surface area (Å²) in [6, 6.07) is 14.7. The zero-order valence-corrected chi connectivity index (χ0v) is 20.7. The Morgan fingerprint density at radius 2 is 1.94 bits per heavy atom. The van der Waals surface area contributed by atoms with Gasteiger partial charge in [0.1, 0.15) is 6.07 Å². The smallest absolute Gasteiger partial charge is 0.101 e. The van der Waals surface area contributed by atoms with Gasteiger partial charge in [0.2, 0.25) is 0 Å². The Morgan fingerprint density at radius 3 is 2.66 bits per heavy atom. The first-order valence-corrected chi connectivity index (χ1v) is 12.6. The van der Waals surface area contributed by atoms with Crippen LogP contribution in [-0.4, -0.2) is 71.9 Å². The zero-order valence-electron chi connectivity index (χ0n) is 20.7. The summed E-state index contributed by atoms with van der Waals surface area (Å²) in [5.74, 6) is 0. The molecule has 0 unspecified atom stereocenters. The number of anilines is 2. The van der Waals surface area contributed by atoms with E-state index in [0.29, 0.717) is 5.56 Å². The standard InChI is InChI=1S/C28H32N6O/c1-19-11-23(12-20(2)31-19)34-10-8-28(34)17-32(18-28)15-24-16-33(14-21(3)35-24)26-7-6-22(13-29)27-25(26)5-4-9-30-27/h4-7,9,11-12,21,24H,8,10,14-18H2,1-3H3/t21-,24+/m1/s1. The van der Waals surface area contributed by atoms with E-state index in [2.05, 4.69) is 75.8 Å². The highest BCUT2D eigenvalue weighted by Crippen LogP contribution is 2.43. The Morgan fingerprint density at radius 1 is 1.14 bits per heavy atom. The van der Waals surface area contributed by atoms with E-state index in [1.807, 2.05) is 12.1 Å². The largest absolute Gasteiger partial charge is 0.370 e. The molecule has 0 N–H and O–H groups in total. The molecule has 3 aromatic rings. The van der Waals surface area contributed by atoms with Gasteiger partial charge < -0.3 is 14.5 Å². The van der Waals surface area contributed by atoms with Crippen LogP contribution in [0.5, 0.6) is 0 Å². The quantitative estimate of drug-likeness (QED) is 0.579. The number of hydrogen-bond donors (Lipinski definition) is 0. The molecule has 0 bridgehead atoms. The van der Waals surface area contributed by atoms with Crippen molar-refractivity contribution >= 4 is 22.3 Å². The van der Waals surface area contributed by atoms with Crippen molar-refractivity contribution in [3.8, 4) is 6.07 Å². The normalized spacial score (nSPS) is 23.7. The highest BCUT2D eigenvalue weighted by Gasteiger charge is 2.53. The number of ether oxygens (including phenoxy) is 1. The molecule has 2 aromatic heterocycles. The summed E-state index contributed by atoms with van der Waals surface area (Å²) >= 11 is 0. The number of morpholine rings is 1. The van der Waals surface area contributed by atoms with Crippen LogP contribution in [0.4, 0.5) is 11.4 Å². The first-order chi connectivity index (χ1) is 16.9. The van der Waals surface area contributed by atoms with Crippen molar-refractivity contribution in [1.82, 2.24) is 14.9 Å². The molecule has 3 saturated heterocycles. The van der Waals surface area contributed by atoms with E-state index in [-0.39, 0.29) is 17.7 Å². The number of fused-ring (bicyclic) bond motifs is 1. The lowest BCUT2D eigenvalue weighted by Crippen LogP contribution is -2.78. The average molecular weight is 469 g/mol. The van der Waals surface area contributed by atoms with Gasteiger partial charge in [-0.1, -0.05) is 0 Å². The number of aryl methyl sites for hydroxylation is 2. The molecule has 0 aliphatic carbocycles. The minimum Gasteiger partial charge on any atom is -0.370 e. The summed E-state index contributed by atoms with van der Waals surface area (Å²) in [5, 5.41) is 10.5. The van der Waals surface area contributed by atoms with Crippen molar-refractivity contribution in [1.29, 1.82) is 5.26 Å². The third-order valence-electron chi connectivity index (χ3n) is 7.78. The molecule has 5 heterocycles. The van der Waals surface area contributed by atoms with Gasteiger partial charge in [-0.05, 0) is 63.6 Å². The van der Waals surface area contributed by atoms with Crippen LogP contribution in [-0.2, 0) is 4.74 Å². The average Bonchev–Trinajstić information content (AvgIpc) is 2.78. The molecule has 0 amide bonds. The molecule has 3 aliphatic rings. The molecule has 3 aliphatic heterocycles. The van der Waals surface area contributed by atoms with Crippen LogP contribution >= 0.6 is 0 Å². The second kappa shape index (κ2) is 8.47. The van der Waals surface area contributed by atoms with Crippen LogP contribution in [0, 0.1) is 25.2 Å². The van der Waals surface area contributed by atoms with Gasteiger partial charge in [-0.2, -0.15) is 5.26 Å². The van der Waals surface area contributed by atoms with Crippen molar-refractivity contribution in [3.05, 3.63) is 59.5 Å². The summed E-state index contributed by atoms with van der Waals surface area (Å²) < 4.78 is 6.39. The Kier molecular flexibility index (Phi) is 5.39. The Bertz CT molecular complexity index is 1290. The predicted molar refractivity (Wildman–Crippen MR) is 138 cm³/mol. The summed E-state index contributed by atoms with van der Waals surface area (Å²) in [6.45, 7) is 12.2. The van der Waals surface area contributed by atoms with Crippen LogP contribution in [0.2, 0.25) is 0 Å². The van der Waals surface area contributed by atoms with E-state index in [9.17, 15) is 5.26 Å². The monoisotopic (exact) mass is 468 g/mol. The molecule has 180 valence electrons. The molecule has 2 atom stereocenters. The van der Waals surface area contributed by atoms with Gasteiger partial charge in [-0.15, -0.1) is 0 Å². The molecule has 1 spiro atoms. The summed E-state index contributed by atoms with van der Waals surface area (Å²) in [6.07, 6.45) is 3.31. The summed E-state index contributed by atoms with van der Waals surface area (Å²) in [7, 11) is 0. The molecule has 3 fully saturated rings. The topological polar surface area (TPSA) is 68.5 Å². The highest BCUT2D eigenvalue weighted by molar-refractivity contribution is 5.95. The first-order valence-electron chi connectivity index (χ1n) is 12.6. The van der Waals surface area contributed by atoms with Crippen LogP contribution in [0.25, 0.3) is 10.9 Å². The lowest BCUT2D eigenvalue weighted by Gasteiger charge is -2.64. The predicted octanol–water partition coefficient (Wildman–Crippen LogP) is 3.68. The van der Waals surface area contributed by atoms with Crippen molar-refractivity contribution < 1.29 is 4.74 Å². The maximum absolute atomic E-state index is 9.50. The van der Waals surface area contributed by atoms with Crippen molar-refractivity contribution in [3.63, 3.8) is 0 Å². The fourth-order valence-corrected chi connectivity index (χ4v) is 6.31. The van der Waals surface area contributed by atoms with Crippen molar-refractivity contribution in [2.75, 3.05) is 49.1 Å². The van der Waals surface area contributed by atoms with E-state index < -0.39 is 0 Å². The minimum atomic E-state index is 0.148. The summed E-state index contributed by atoms with van der Waals surface area (Å²) in [5.41, 5.74) is 6.31. The molecule has 7 nitrogen and oxygen atoms in total. The molecule has 0 saturated carbocycles. The SMILES string of the molecule is Cc1cc(N2CCC23CN(C[C@H]2CN(c4ccc(C#N)c5ncccc45)C[C@@H](C)O2)C3)cc(C)n1. The second-order valence-electron chi connectivity index (χ2n) is 10.5. The lowest BCUT2D eigenvalue weighted by molar-refractivity contribution is -0.0631. The first kappa shape index (κ1) is 22.3. The number of hydrogen-bond acceptors (Lipinski definition) is 7. The van der Waals surface area contributed by atoms with E-state index >= 15 is 0 Å². The molecule has 35 heavy (non-hydrogen) atoms. The van der Waals surface area contributed by atoms with Gasteiger partial charge in [0.15, 0.2) is 0 Å². The van der Waals surface area contributed by atoms with E-state index in [1.54, 1.807) is 6.20 Å². The van der Waals surface area contributed by atoms with Crippen LogP contribution in [0.15, 0.2) is 42.6 Å². The van der Waals surface area contributed by atoms with Crippen LogP contribution in [0.3, 0.4) is 0 Å². The molecule has 7 heteroatoms. The van der Waals surface area contributed by atoms with Gasteiger partial charge in [-0.3, -0.25) is 14.9 Å². The number of aromatic nitrogens is 2. The number of nitriles is 1.